The highest BCUT2D eigenvalue weighted by Crippen LogP contribution is 2.60. The Labute approximate surface area is 231 Å². The zero-order valence-corrected chi connectivity index (χ0v) is 23.8. The third-order valence-corrected chi connectivity index (χ3v) is 9.64. The van der Waals surface area contributed by atoms with E-state index in [1.807, 2.05) is 24.3 Å². The van der Waals surface area contributed by atoms with E-state index in [2.05, 4.69) is 38.1 Å². The van der Waals surface area contributed by atoms with Crippen LogP contribution in [0.15, 0.2) is 36.4 Å². The number of ether oxygens (including phenoxy) is 1. The lowest BCUT2D eigenvalue weighted by molar-refractivity contribution is 0.0303. The molecule has 0 amide bonds. The number of nitriles is 2. The molecular weight excluding hydrogens is 464 g/mol. The quantitative estimate of drug-likeness (QED) is 0.238. The predicted octanol–water partition coefficient (Wildman–Crippen LogP) is 10.0. The number of benzene rings is 2. The highest BCUT2D eigenvalue weighted by atomic mass is 16.5. The standard InChI is InChI=1S/C35H46N2O/c1-3-5-7-9-10-18-34-19-22-35(23-20-34,24-21-34)33-17-16-30(31(26-36)32(33)27-37)28-12-14-29(15-13-28)38-25-11-8-6-4-2/h12-17H,3-11,18-25H2,1-2H3. The molecule has 2 aromatic carbocycles. The Morgan fingerprint density at radius 3 is 1.89 bits per heavy atom. The zero-order valence-electron chi connectivity index (χ0n) is 23.8. The van der Waals surface area contributed by atoms with Crippen molar-refractivity contribution in [2.45, 2.75) is 122 Å². The van der Waals surface area contributed by atoms with Gasteiger partial charge < -0.3 is 4.74 Å². The summed E-state index contributed by atoms with van der Waals surface area (Å²) in [6.07, 6.45) is 20.2. The summed E-state index contributed by atoms with van der Waals surface area (Å²) in [7, 11) is 0. The van der Waals surface area contributed by atoms with Crippen LogP contribution in [-0.4, -0.2) is 6.61 Å². The number of hydrogen-bond acceptors (Lipinski definition) is 3. The SMILES string of the molecule is CCCCCCCC12CCC(c3ccc(-c4ccc(OCCCCCC)cc4)c(C#N)c3C#N)(CC1)CC2. The second kappa shape index (κ2) is 13.3. The molecule has 0 heterocycles. The van der Waals surface area contributed by atoms with Gasteiger partial charge in [-0.1, -0.05) is 89.5 Å². The molecule has 3 aliphatic rings. The normalized spacial score (nSPS) is 22.1. The van der Waals surface area contributed by atoms with Gasteiger partial charge in [0.05, 0.1) is 17.7 Å². The number of fused-ring (bicyclic) bond motifs is 3. The molecule has 2 bridgehead atoms. The van der Waals surface area contributed by atoms with Gasteiger partial charge >= 0.3 is 0 Å². The van der Waals surface area contributed by atoms with Gasteiger partial charge in [0, 0.05) is 5.56 Å². The minimum absolute atomic E-state index is 0.0641. The van der Waals surface area contributed by atoms with E-state index in [1.54, 1.807) is 0 Å². The molecule has 38 heavy (non-hydrogen) atoms. The molecule has 3 fully saturated rings. The summed E-state index contributed by atoms with van der Waals surface area (Å²) in [4.78, 5) is 0. The molecular formula is C35H46N2O. The van der Waals surface area contributed by atoms with E-state index in [4.69, 9.17) is 4.74 Å². The summed E-state index contributed by atoms with van der Waals surface area (Å²) >= 11 is 0. The molecule has 3 heteroatoms. The van der Waals surface area contributed by atoms with Crippen molar-refractivity contribution in [1.29, 1.82) is 10.5 Å². The van der Waals surface area contributed by atoms with Gasteiger partial charge in [-0.25, -0.2) is 0 Å². The van der Waals surface area contributed by atoms with Gasteiger partial charge in [-0.3, -0.25) is 0 Å². The monoisotopic (exact) mass is 510 g/mol. The van der Waals surface area contributed by atoms with Crippen molar-refractivity contribution in [2.75, 3.05) is 6.61 Å². The average molecular weight is 511 g/mol. The van der Waals surface area contributed by atoms with Gasteiger partial charge in [0.2, 0.25) is 0 Å². The Hall–Kier alpha value is -2.78. The Morgan fingerprint density at radius 1 is 0.684 bits per heavy atom. The lowest BCUT2D eigenvalue weighted by Gasteiger charge is -2.54. The molecule has 3 saturated carbocycles. The maximum absolute atomic E-state index is 10.3. The van der Waals surface area contributed by atoms with Crippen molar-refractivity contribution < 1.29 is 4.74 Å². The summed E-state index contributed by atoms with van der Waals surface area (Å²) in [5.74, 6) is 0.859. The van der Waals surface area contributed by atoms with E-state index in [9.17, 15) is 10.5 Å². The maximum atomic E-state index is 10.3. The topological polar surface area (TPSA) is 56.8 Å². The fraction of sp³-hybridized carbons (Fsp3) is 0.600. The van der Waals surface area contributed by atoms with Crippen LogP contribution in [0.2, 0.25) is 0 Å². The molecule has 0 unspecified atom stereocenters. The van der Waals surface area contributed by atoms with Crippen LogP contribution in [0.3, 0.4) is 0 Å². The molecule has 0 saturated heterocycles. The zero-order chi connectivity index (χ0) is 26.8. The van der Waals surface area contributed by atoms with Crippen molar-refractivity contribution >= 4 is 0 Å². The molecule has 5 rings (SSSR count). The summed E-state index contributed by atoms with van der Waals surface area (Å²) in [6.45, 7) is 5.23. The fourth-order valence-corrected chi connectivity index (χ4v) is 7.11. The van der Waals surface area contributed by atoms with Crippen LogP contribution in [-0.2, 0) is 5.41 Å². The second-order valence-electron chi connectivity index (χ2n) is 12.0. The fourth-order valence-electron chi connectivity index (χ4n) is 7.11. The summed E-state index contributed by atoms with van der Waals surface area (Å²) in [5, 5.41) is 20.5. The van der Waals surface area contributed by atoms with E-state index in [-0.39, 0.29) is 5.41 Å². The van der Waals surface area contributed by atoms with Crippen LogP contribution in [0.1, 0.15) is 133 Å². The van der Waals surface area contributed by atoms with Crippen LogP contribution in [0.4, 0.5) is 0 Å². The van der Waals surface area contributed by atoms with Gasteiger partial charge in [0.15, 0.2) is 0 Å². The third kappa shape index (κ3) is 6.26. The van der Waals surface area contributed by atoms with Crippen LogP contribution in [0, 0.1) is 28.1 Å². The van der Waals surface area contributed by atoms with Crippen molar-refractivity contribution in [3.05, 3.63) is 53.1 Å². The Kier molecular flexibility index (Phi) is 9.91. The number of hydrogen-bond donors (Lipinski definition) is 0. The minimum Gasteiger partial charge on any atom is -0.494 e. The van der Waals surface area contributed by atoms with Gasteiger partial charge in [-0.2, -0.15) is 10.5 Å². The van der Waals surface area contributed by atoms with Gasteiger partial charge in [0.1, 0.15) is 17.9 Å². The highest BCUT2D eigenvalue weighted by molar-refractivity contribution is 5.75. The Morgan fingerprint density at radius 2 is 1.29 bits per heavy atom. The van der Waals surface area contributed by atoms with E-state index in [0.29, 0.717) is 16.5 Å². The van der Waals surface area contributed by atoms with Gasteiger partial charge in [0.25, 0.3) is 0 Å². The molecule has 0 atom stereocenters. The highest BCUT2D eigenvalue weighted by Gasteiger charge is 2.49. The van der Waals surface area contributed by atoms with Crippen molar-refractivity contribution in [3.8, 4) is 29.0 Å². The molecule has 3 aliphatic carbocycles. The second-order valence-corrected chi connectivity index (χ2v) is 12.0. The maximum Gasteiger partial charge on any atom is 0.119 e. The molecule has 202 valence electrons. The largest absolute Gasteiger partial charge is 0.494 e. The first-order chi connectivity index (χ1) is 18.6. The van der Waals surface area contributed by atoms with Gasteiger partial charge in [-0.15, -0.1) is 0 Å². The smallest absolute Gasteiger partial charge is 0.119 e. The van der Waals surface area contributed by atoms with Crippen LogP contribution >= 0.6 is 0 Å². The van der Waals surface area contributed by atoms with Crippen molar-refractivity contribution in [3.63, 3.8) is 0 Å². The minimum atomic E-state index is 0.0641. The lowest BCUT2D eigenvalue weighted by Crippen LogP contribution is -2.44. The average Bonchev–Trinajstić information content (AvgIpc) is 2.97. The summed E-state index contributed by atoms with van der Waals surface area (Å²) in [5.41, 5.74) is 4.68. The number of nitrogens with zero attached hydrogens (tertiary/aromatic N) is 2. The molecule has 3 nitrogen and oxygen atoms in total. The van der Waals surface area contributed by atoms with E-state index in [1.165, 1.54) is 77.0 Å². The molecule has 0 spiro atoms. The first kappa shape index (κ1) is 28.2. The van der Waals surface area contributed by atoms with Crippen LogP contribution in [0.5, 0.6) is 5.75 Å². The van der Waals surface area contributed by atoms with Crippen LogP contribution in [0.25, 0.3) is 11.1 Å². The first-order valence-corrected chi connectivity index (χ1v) is 15.3. The van der Waals surface area contributed by atoms with E-state index < -0.39 is 0 Å². The first-order valence-electron chi connectivity index (χ1n) is 15.3. The molecule has 0 N–H and O–H groups in total. The summed E-state index contributed by atoms with van der Waals surface area (Å²) in [6, 6.07) is 17.2. The van der Waals surface area contributed by atoms with E-state index >= 15 is 0 Å². The van der Waals surface area contributed by atoms with Crippen molar-refractivity contribution in [2.24, 2.45) is 5.41 Å². The van der Waals surface area contributed by atoms with Crippen LogP contribution < -0.4 is 4.74 Å². The van der Waals surface area contributed by atoms with Crippen molar-refractivity contribution in [1.82, 2.24) is 0 Å². The number of rotatable bonds is 14. The van der Waals surface area contributed by atoms with E-state index in [0.717, 1.165) is 54.7 Å². The Bertz CT molecular complexity index is 1110. The molecule has 0 radical (unpaired) electrons. The lowest BCUT2D eigenvalue weighted by atomic mass is 9.50. The predicted molar refractivity (Wildman–Crippen MR) is 156 cm³/mol. The molecule has 0 aromatic heterocycles. The number of unbranched alkanes of at least 4 members (excludes halogenated alkanes) is 7. The molecule has 2 aromatic rings. The Balaban J connectivity index is 1.47. The third-order valence-electron chi connectivity index (χ3n) is 9.64. The summed E-state index contributed by atoms with van der Waals surface area (Å²) < 4.78 is 5.91. The molecule has 0 aliphatic heterocycles. The van der Waals surface area contributed by atoms with Gasteiger partial charge in [-0.05, 0) is 85.5 Å².